The molecule has 1 aromatic heterocycles. The molecule has 2 rings (SSSR count). The largest absolute Gasteiger partial charge is 0.395 e. The van der Waals surface area contributed by atoms with E-state index < -0.39 is 11.2 Å². The third-order valence-electron chi connectivity index (χ3n) is 2.47. The first-order chi connectivity index (χ1) is 9.70. The molecular formula is C13H14N4O3. The fraction of sp³-hybridized carbons (Fsp3) is 0.154. The van der Waals surface area contributed by atoms with Crippen LogP contribution in [-0.2, 0) is 0 Å². The van der Waals surface area contributed by atoms with E-state index in [1.807, 2.05) is 30.3 Å². The highest BCUT2D eigenvalue weighted by Gasteiger charge is 2.07. The fourth-order valence-corrected chi connectivity index (χ4v) is 1.59. The minimum Gasteiger partial charge on any atom is -0.395 e. The van der Waals surface area contributed by atoms with Gasteiger partial charge in [0.15, 0.2) is 5.69 Å². The summed E-state index contributed by atoms with van der Waals surface area (Å²) in [7, 11) is 0. The molecule has 0 saturated heterocycles. The second-order valence-corrected chi connectivity index (χ2v) is 3.95. The minimum absolute atomic E-state index is 0.0573. The van der Waals surface area contributed by atoms with Gasteiger partial charge in [-0.25, -0.2) is 9.79 Å². The SMILES string of the molecule is O=c1[nH]c(NCCO)c(N=Cc2ccccc2)c(=O)[nH]1. The van der Waals surface area contributed by atoms with Gasteiger partial charge in [-0.05, 0) is 5.56 Å². The van der Waals surface area contributed by atoms with Gasteiger partial charge in [0.2, 0.25) is 0 Å². The number of aliphatic hydroxyl groups excluding tert-OH is 1. The van der Waals surface area contributed by atoms with Crippen LogP contribution in [0.15, 0.2) is 44.9 Å². The van der Waals surface area contributed by atoms with Gasteiger partial charge in [0.05, 0.1) is 6.61 Å². The molecule has 1 heterocycles. The molecule has 0 radical (unpaired) electrons. The highest BCUT2D eigenvalue weighted by atomic mass is 16.3. The van der Waals surface area contributed by atoms with Crippen LogP contribution in [0, 0.1) is 0 Å². The van der Waals surface area contributed by atoms with E-state index in [0.29, 0.717) is 0 Å². The van der Waals surface area contributed by atoms with E-state index in [1.165, 1.54) is 6.21 Å². The average Bonchev–Trinajstić information content (AvgIpc) is 2.45. The van der Waals surface area contributed by atoms with E-state index in [-0.39, 0.29) is 24.7 Å². The molecule has 1 aromatic carbocycles. The Labute approximate surface area is 114 Å². The van der Waals surface area contributed by atoms with Crippen LogP contribution < -0.4 is 16.6 Å². The number of benzene rings is 1. The lowest BCUT2D eigenvalue weighted by Gasteiger charge is -2.05. The molecule has 7 nitrogen and oxygen atoms in total. The number of nitrogens with one attached hydrogen (secondary N) is 3. The zero-order valence-electron chi connectivity index (χ0n) is 10.6. The van der Waals surface area contributed by atoms with Gasteiger partial charge in [0, 0.05) is 12.8 Å². The molecule has 0 saturated carbocycles. The van der Waals surface area contributed by atoms with Crippen molar-refractivity contribution in [2.45, 2.75) is 0 Å². The molecule has 0 unspecified atom stereocenters. The van der Waals surface area contributed by atoms with Crippen LogP contribution >= 0.6 is 0 Å². The molecule has 0 spiro atoms. The average molecular weight is 274 g/mol. The van der Waals surface area contributed by atoms with Crippen molar-refractivity contribution in [3.8, 4) is 0 Å². The van der Waals surface area contributed by atoms with Gasteiger partial charge in [-0.2, -0.15) is 0 Å². The Bertz CT molecular complexity index is 704. The molecule has 0 fully saturated rings. The Morgan fingerprint density at radius 2 is 1.95 bits per heavy atom. The van der Waals surface area contributed by atoms with E-state index in [0.717, 1.165) is 5.56 Å². The summed E-state index contributed by atoms with van der Waals surface area (Å²) in [6.07, 6.45) is 1.52. The number of aliphatic imine (C=N–C) groups is 1. The second-order valence-electron chi connectivity index (χ2n) is 3.95. The van der Waals surface area contributed by atoms with Gasteiger partial charge in [0.25, 0.3) is 5.56 Å². The van der Waals surface area contributed by atoms with Crippen LogP contribution in [0.3, 0.4) is 0 Å². The summed E-state index contributed by atoms with van der Waals surface area (Å²) >= 11 is 0. The van der Waals surface area contributed by atoms with Gasteiger partial charge < -0.3 is 10.4 Å². The lowest BCUT2D eigenvalue weighted by atomic mass is 10.2. The van der Waals surface area contributed by atoms with Crippen LogP contribution in [-0.4, -0.2) is 34.4 Å². The van der Waals surface area contributed by atoms with Crippen molar-refractivity contribution < 1.29 is 5.11 Å². The number of aromatic amines is 2. The number of hydrogen-bond donors (Lipinski definition) is 4. The number of nitrogens with zero attached hydrogens (tertiary/aromatic N) is 1. The van der Waals surface area contributed by atoms with Gasteiger partial charge in [-0.3, -0.25) is 14.8 Å². The molecule has 2 aromatic rings. The van der Waals surface area contributed by atoms with Gasteiger partial charge in [-0.15, -0.1) is 0 Å². The lowest BCUT2D eigenvalue weighted by Crippen LogP contribution is -2.24. The van der Waals surface area contributed by atoms with Crippen molar-refractivity contribution in [2.75, 3.05) is 18.5 Å². The van der Waals surface area contributed by atoms with Gasteiger partial charge >= 0.3 is 5.69 Å². The van der Waals surface area contributed by atoms with E-state index in [2.05, 4.69) is 20.3 Å². The van der Waals surface area contributed by atoms with E-state index in [1.54, 1.807) is 0 Å². The molecule has 0 aliphatic carbocycles. The maximum atomic E-state index is 11.8. The summed E-state index contributed by atoms with van der Waals surface area (Å²) in [6, 6.07) is 9.25. The van der Waals surface area contributed by atoms with Crippen molar-refractivity contribution in [1.82, 2.24) is 9.97 Å². The highest BCUT2D eigenvalue weighted by Crippen LogP contribution is 2.14. The molecule has 0 aliphatic heterocycles. The van der Waals surface area contributed by atoms with Crippen molar-refractivity contribution >= 4 is 17.7 Å². The van der Waals surface area contributed by atoms with Gasteiger partial charge in [0.1, 0.15) is 5.82 Å². The Hall–Kier alpha value is -2.67. The number of H-pyrrole nitrogens is 2. The topological polar surface area (TPSA) is 110 Å². The predicted molar refractivity (Wildman–Crippen MR) is 77.0 cm³/mol. The maximum Gasteiger partial charge on any atom is 0.327 e. The third-order valence-corrected chi connectivity index (χ3v) is 2.47. The summed E-state index contributed by atoms with van der Waals surface area (Å²) in [6.45, 7) is 0.0733. The van der Waals surface area contributed by atoms with E-state index in [9.17, 15) is 9.59 Å². The Morgan fingerprint density at radius 3 is 2.65 bits per heavy atom. The van der Waals surface area contributed by atoms with Crippen molar-refractivity contribution in [1.29, 1.82) is 0 Å². The monoisotopic (exact) mass is 274 g/mol. The zero-order valence-corrected chi connectivity index (χ0v) is 10.6. The number of anilines is 1. The number of hydrogen-bond acceptors (Lipinski definition) is 5. The molecule has 0 aliphatic rings. The molecule has 0 amide bonds. The van der Waals surface area contributed by atoms with Crippen molar-refractivity contribution in [3.63, 3.8) is 0 Å². The number of aliphatic hydroxyl groups is 1. The second kappa shape index (κ2) is 6.48. The Kier molecular flexibility index (Phi) is 4.46. The summed E-state index contributed by atoms with van der Waals surface area (Å²) in [5, 5.41) is 11.5. The maximum absolute atomic E-state index is 11.8. The Balaban J connectivity index is 2.37. The fourth-order valence-electron chi connectivity index (χ4n) is 1.59. The van der Waals surface area contributed by atoms with E-state index >= 15 is 0 Å². The molecule has 0 bridgehead atoms. The molecule has 7 heteroatoms. The first-order valence-electron chi connectivity index (χ1n) is 6.01. The van der Waals surface area contributed by atoms with Gasteiger partial charge in [-0.1, -0.05) is 30.3 Å². The normalized spacial score (nSPS) is 10.8. The molecule has 104 valence electrons. The third kappa shape index (κ3) is 3.42. The van der Waals surface area contributed by atoms with E-state index in [4.69, 9.17) is 5.11 Å². The highest BCUT2D eigenvalue weighted by molar-refractivity contribution is 5.83. The van der Waals surface area contributed by atoms with Crippen LogP contribution in [0.5, 0.6) is 0 Å². The molecule has 4 N–H and O–H groups in total. The lowest BCUT2D eigenvalue weighted by molar-refractivity contribution is 0.311. The first kappa shape index (κ1) is 13.8. The number of rotatable bonds is 5. The Morgan fingerprint density at radius 1 is 1.20 bits per heavy atom. The summed E-state index contributed by atoms with van der Waals surface area (Å²) in [5.74, 6) is 0.181. The summed E-state index contributed by atoms with van der Waals surface area (Å²) in [4.78, 5) is 31.6. The molecular weight excluding hydrogens is 260 g/mol. The van der Waals surface area contributed by atoms with Crippen LogP contribution in [0.2, 0.25) is 0 Å². The summed E-state index contributed by atoms with van der Waals surface area (Å²) in [5.41, 5.74) is -0.344. The smallest absolute Gasteiger partial charge is 0.327 e. The predicted octanol–water partition coefficient (Wildman–Crippen LogP) is 0.218. The summed E-state index contributed by atoms with van der Waals surface area (Å²) < 4.78 is 0. The first-order valence-corrected chi connectivity index (χ1v) is 6.01. The number of aromatic nitrogens is 2. The molecule has 20 heavy (non-hydrogen) atoms. The quantitative estimate of drug-likeness (QED) is 0.584. The molecule has 0 atom stereocenters. The van der Waals surface area contributed by atoms with Crippen LogP contribution in [0.25, 0.3) is 0 Å². The van der Waals surface area contributed by atoms with Crippen LogP contribution in [0.1, 0.15) is 5.56 Å². The standard InChI is InChI=1S/C13H14N4O3/c18-7-6-14-11-10(12(19)17-13(20)16-11)15-8-9-4-2-1-3-5-9/h1-5,8,18H,6-7H2,(H3,14,16,17,19,20). The van der Waals surface area contributed by atoms with Crippen molar-refractivity contribution in [3.05, 3.63) is 56.7 Å². The van der Waals surface area contributed by atoms with Crippen LogP contribution in [0.4, 0.5) is 11.5 Å². The zero-order chi connectivity index (χ0) is 14.4. The van der Waals surface area contributed by atoms with Crippen molar-refractivity contribution in [2.24, 2.45) is 4.99 Å². The minimum atomic E-state index is -0.630.